The highest BCUT2D eigenvalue weighted by Gasteiger charge is 2.37. The minimum Gasteiger partial charge on any atom is -0.457 e. The molecule has 1 aliphatic carbocycles. The quantitative estimate of drug-likeness (QED) is 0.153. The molecule has 5 heteroatoms. The van der Waals surface area contributed by atoms with E-state index in [2.05, 4.69) is 173 Å². The number of rotatable bonds is 8. The zero-order chi connectivity index (χ0) is 41.7. The fourth-order valence-corrected chi connectivity index (χ4v) is 9.39. The largest absolute Gasteiger partial charge is 0.457 e. The summed E-state index contributed by atoms with van der Waals surface area (Å²) in [6.45, 7) is 0. The molecule has 0 N–H and O–H groups in total. The minimum absolute atomic E-state index is 0.101. The van der Waals surface area contributed by atoms with Crippen molar-refractivity contribution < 1.29 is 4.74 Å². The average molecular weight is 809 g/mol. The van der Waals surface area contributed by atoms with Crippen LogP contribution in [0.5, 0.6) is 11.5 Å². The molecule has 1 atom stereocenters. The van der Waals surface area contributed by atoms with E-state index in [4.69, 9.17) is 14.7 Å². The van der Waals surface area contributed by atoms with Crippen molar-refractivity contribution >= 4 is 44.6 Å². The molecule has 0 fully saturated rings. The molecule has 0 saturated heterocycles. The van der Waals surface area contributed by atoms with Crippen LogP contribution in [0.1, 0.15) is 17.5 Å². The molecule has 0 amide bonds. The average Bonchev–Trinajstić information content (AvgIpc) is 3.87. The normalized spacial score (nSPS) is 14.3. The number of aromatic nitrogens is 3. The number of allylic oxidation sites excluding steroid dienone is 2. The zero-order valence-electron chi connectivity index (χ0n) is 34.3. The van der Waals surface area contributed by atoms with Gasteiger partial charge in [-0.15, -0.1) is 0 Å². The maximum Gasteiger partial charge on any atom is 0.230 e. The first-order valence-electron chi connectivity index (χ1n) is 21.5. The van der Waals surface area contributed by atoms with E-state index in [0.29, 0.717) is 5.95 Å². The monoisotopic (exact) mass is 808 g/mol. The number of fused-ring (bicyclic) bond motifs is 6. The van der Waals surface area contributed by atoms with Gasteiger partial charge in [-0.05, 0) is 118 Å². The molecule has 2 aliphatic rings. The van der Waals surface area contributed by atoms with Crippen molar-refractivity contribution in [3.05, 3.63) is 236 Å². The van der Waals surface area contributed by atoms with Gasteiger partial charge in [0, 0.05) is 40.0 Å². The summed E-state index contributed by atoms with van der Waals surface area (Å²) in [5, 5.41) is 2.45. The third-order valence-electron chi connectivity index (χ3n) is 12.5. The number of nitrogens with zero attached hydrogens (tertiary/aromatic N) is 4. The summed E-state index contributed by atoms with van der Waals surface area (Å²) >= 11 is 0. The summed E-state index contributed by atoms with van der Waals surface area (Å²) in [6.07, 6.45) is 9.51. The Balaban J connectivity index is 0.808. The van der Waals surface area contributed by atoms with Crippen LogP contribution >= 0.6 is 0 Å². The summed E-state index contributed by atoms with van der Waals surface area (Å²) in [6, 6.07) is 70.5. The van der Waals surface area contributed by atoms with Crippen LogP contribution in [0.4, 0.5) is 11.6 Å². The summed E-state index contributed by atoms with van der Waals surface area (Å²) in [4.78, 5) is 12.3. The van der Waals surface area contributed by atoms with Crippen molar-refractivity contribution in [2.75, 3.05) is 4.90 Å². The van der Waals surface area contributed by atoms with Crippen LogP contribution in [0.15, 0.2) is 225 Å². The van der Waals surface area contributed by atoms with E-state index < -0.39 is 0 Å². The predicted octanol–water partition coefficient (Wildman–Crippen LogP) is 14.8. The Morgan fingerprint density at radius 2 is 1.02 bits per heavy atom. The van der Waals surface area contributed by atoms with Crippen molar-refractivity contribution in [3.63, 3.8) is 0 Å². The molecule has 298 valence electrons. The summed E-state index contributed by atoms with van der Waals surface area (Å²) in [5.41, 5.74) is 16.4. The Morgan fingerprint density at radius 1 is 0.460 bits per heavy atom. The molecule has 12 rings (SSSR count). The molecule has 8 aromatic carbocycles. The van der Waals surface area contributed by atoms with Crippen LogP contribution in [0.3, 0.4) is 0 Å². The fraction of sp³-hybridized carbons (Fsp3) is 0.0345. The van der Waals surface area contributed by atoms with Crippen LogP contribution in [0.2, 0.25) is 0 Å². The first-order chi connectivity index (χ1) is 31.2. The highest BCUT2D eigenvalue weighted by molar-refractivity contribution is 6.10. The van der Waals surface area contributed by atoms with Gasteiger partial charge in [0.1, 0.15) is 11.5 Å². The molecular formula is C58H40N4O. The van der Waals surface area contributed by atoms with Crippen LogP contribution < -0.4 is 9.64 Å². The third kappa shape index (κ3) is 6.59. The number of hydrogen-bond donors (Lipinski definition) is 0. The first kappa shape index (κ1) is 36.6. The Bertz CT molecular complexity index is 3350. The summed E-state index contributed by atoms with van der Waals surface area (Å²) < 4.78 is 8.46. The van der Waals surface area contributed by atoms with Crippen molar-refractivity contribution in [1.82, 2.24) is 14.5 Å². The van der Waals surface area contributed by atoms with Crippen molar-refractivity contribution in [2.45, 2.75) is 12.5 Å². The highest BCUT2D eigenvalue weighted by Crippen LogP contribution is 2.48. The highest BCUT2D eigenvalue weighted by atomic mass is 16.5. The second-order valence-electron chi connectivity index (χ2n) is 16.2. The third-order valence-corrected chi connectivity index (χ3v) is 12.5. The van der Waals surface area contributed by atoms with Crippen molar-refractivity contribution in [2.24, 2.45) is 0 Å². The maximum atomic E-state index is 6.11. The Kier molecular flexibility index (Phi) is 8.89. The van der Waals surface area contributed by atoms with Gasteiger partial charge in [0.25, 0.3) is 0 Å². The zero-order valence-corrected chi connectivity index (χ0v) is 34.3. The van der Waals surface area contributed by atoms with E-state index in [0.717, 1.165) is 40.4 Å². The minimum atomic E-state index is 0.101. The van der Waals surface area contributed by atoms with Gasteiger partial charge < -0.3 is 14.2 Å². The molecule has 3 heterocycles. The first-order valence-corrected chi connectivity index (χ1v) is 21.5. The molecule has 10 aromatic rings. The van der Waals surface area contributed by atoms with E-state index >= 15 is 0 Å². The lowest BCUT2D eigenvalue weighted by molar-refractivity contribution is 0.482. The topological polar surface area (TPSA) is 43.2 Å². The smallest absolute Gasteiger partial charge is 0.230 e. The lowest BCUT2D eigenvalue weighted by Crippen LogP contribution is -2.29. The predicted molar refractivity (Wildman–Crippen MR) is 259 cm³/mol. The summed E-state index contributed by atoms with van der Waals surface area (Å²) in [7, 11) is 0. The van der Waals surface area contributed by atoms with Crippen molar-refractivity contribution in [3.8, 4) is 50.6 Å². The van der Waals surface area contributed by atoms with Gasteiger partial charge in [-0.2, -0.15) is 0 Å². The number of para-hydroxylation sites is 3. The van der Waals surface area contributed by atoms with Gasteiger partial charge in [0.15, 0.2) is 0 Å². The van der Waals surface area contributed by atoms with Gasteiger partial charge in [0.05, 0.1) is 22.8 Å². The Morgan fingerprint density at radius 3 is 1.73 bits per heavy atom. The van der Waals surface area contributed by atoms with Crippen LogP contribution in [-0.4, -0.2) is 20.6 Å². The van der Waals surface area contributed by atoms with Gasteiger partial charge in [0.2, 0.25) is 5.95 Å². The van der Waals surface area contributed by atoms with E-state index in [1.165, 1.54) is 66.3 Å². The molecule has 0 bridgehead atoms. The van der Waals surface area contributed by atoms with Crippen LogP contribution in [0, 0.1) is 0 Å². The number of anilines is 2. The van der Waals surface area contributed by atoms with Crippen LogP contribution in [0.25, 0.3) is 72.0 Å². The fourth-order valence-electron chi connectivity index (χ4n) is 9.39. The van der Waals surface area contributed by atoms with Gasteiger partial charge in [-0.3, -0.25) is 0 Å². The standard InChI is InChI=1S/C58H40N4O/c1-3-11-39(12-4-1)40-19-21-41(22-20-40)42-23-25-43(26-24-42)46-37-59-58(60-38-46)62-55-18-10-8-16-51(55)53-36-45(28-34-57(53)62)44-27-33-56-52(35-44)50-15-7-9-17-54(50)61(56)47-29-31-49(32-30-47)63-48-13-5-2-6-14-48/h1-33,35-38,57H,34H2. The molecule has 0 radical (unpaired) electrons. The van der Waals surface area contributed by atoms with Gasteiger partial charge >= 0.3 is 0 Å². The molecule has 5 nitrogen and oxygen atoms in total. The SMILES string of the molecule is C1=C(c2ccc3c(c2)c2ccccc2n3-c2ccc(Oc3ccccc3)cc2)C=C2c3ccccc3N(c3ncc(-c4ccc(-c5ccc(-c6ccccc6)cc5)cc4)cn3)C2C1. The van der Waals surface area contributed by atoms with Gasteiger partial charge in [-0.1, -0.05) is 146 Å². The molecule has 63 heavy (non-hydrogen) atoms. The van der Waals surface area contributed by atoms with E-state index in [1.54, 1.807) is 0 Å². The number of ether oxygens (including phenoxy) is 1. The molecule has 0 spiro atoms. The second kappa shape index (κ2) is 15.3. The molecule has 0 saturated carbocycles. The Labute approximate surface area is 366 Å². The number of hydrogen-bond acceptors (Lipinski definition) is 4. The van der Waals surface area contributed by atoms with E-state index in [1.807, 2.05) is 60.9 Å². The molecule has 2 aromatic heterocycles. The van der Waals surface area contributed by atoms with E-state index in [-0.39, 0.29) is 6.04 Å². The van der Waals surface area contributed by atoms with Gasteiger partial charge in [-0.25, -0.2) is 9.97 Å². The lowest BCUT2D eigenvalue weighted by Gasteiger charge is -2.27. The Hall–Kier alpha value is -8.28. The second-order valence-corrected chi connectivity index (χ2v) is 16.2. The van der Waals surface area contributed by atoms with Crippen LogP contribution in [-0.2, 0) is 0 Å². The molecule has 1 unspecified atom stereocenters. The molecule has 1 aliphatic heterocycles. The lowest BCUT2D eigenvalue weighted by atomic mass is 9.89. The number of benzene rings is 8. The maximum absolute atomic E-state index is 6.11. The summed E-state index contributed by atoms with van der Waals surface area (Å²) in [5.74, 6) is 2.34. The van der Waals surface area contributed by atoms with Crippen molar-refractivity contribution in [1.29, 1.82) is 0 Å². The molecular weight excluding hydrogens is 769 g/mol. The van der Waals surface area contributed by atoms with E-state index in [9.17, 15) is 0 Å².